The van der Waals surface area contributed by atoms with Crippen LogP contribution in [0.3, 0.4) is 0 Å². The second-order valence-corrected chi connectivity index (χ2v) is 12.9. The highest BCUT2D eigenvalue weighted by Crippen LogP contribution is 2.56. The molecule has 4 bridgehead atoms. The van der Waals surface area contributed by atoms with Gasteiger partial charge in [-0.1, -0.05) is 18.9 Å². The van der Waals surface area contributed by atoms with E-state index in [0.717, 1.165) is 61.0 Å². The average Bonchev–Trinajstić information content (AvgIpc) is 3.14. The molecule has 0 unspecified atom stereocenters. The molecule has 1 aromatic carbocycles. The SMILES string of the molecule is Cc1ccc(S(=O)(=O)C2(C(=O)NC34CC5CC(CC(C5)C3)C4)CCCC2)cc1C. The molecule has 0 aromatic heterocycles. The molecule has 158 valence electrons. The third kappa shape index (κ3) is 2.98. The molecular formula is C24H33NO3S. The van der Waals surface area contributed by atoms with Crippen molar-refractivity contribution in [2.24, 2.45) is 17.8 Å². The van der Waals surface area contributed by atoms with Gasteiger partial charge in [-0.15, -0.1) is 0 Å². The van der Waals surface area contributed by atoms with E-state index >= 15 is 0 Å². The Morgan fingerprint density at radius 1 is 0.931 bits per heavy atom. The van der Waals surface area contributed by atoms with Gasteiger partial charge in [-0.05, 0) is 106 Å². The normalized spacial score (nSPS) is 35.0. The summed E-state index contributed by atoms with van der Waals surface area (Å²) in [7, 11) is -3.73. The van der Waals surface area contributed by atoms with Gasteiger partial charge in [0.1, 0.15) is 0 Å². The molecule has 4 nitrogen and oxygen atoms in total. The quantitative estimate of drug-likeness (QED) is 0.789. The molecule has 1 N–H and O–H groups in total. The fraction of sp³-hybridized carbons (Fsp3) is 0.708. The summed E-state index contributed by atoms with van der Waals surface area (Å²) in [5.41, 5.74) is 1.88. The van der Waals surface area contributed by atoms with Crippen LogP contribution in [0.2, 0.25) is 0 Å². The van der Waals surface area contributed by atoms with Gasteiger partial charge in [0.05, 0.1) is 4.90 Å². The Morgan fingerprint density at radius 3 is 2.00 bits per heavy atom. The van der Waals surface area contributed by atoms with E-state index in [2.05, 4.69) is 5.32 Å². The Hall–Kier alpha value is -1.36. The Labute approximate surface area is 174 Å². The van der Waals surface area contributed by atoms with Gasteiger partial charge < -0.3 is 5.32 Å². The molecule has 0 saturated heterocycles. The van der Waals surface area contributed by atoms with Crippen LogP contribution in [0, 0.1) is 31.6 Å². The topological polar surface area (TPSA) is 63.2 Å². The molecule has 5 fully saturated rings. The average molecular weight is 416 g/mol. The standard InChI is InChI=1S/C24H33NO3S/c1-16-5-6-21(9-17(16)2)29(27,28)24(7-3-4-8-24)22(26)25-23-13-18-10-19(14-23)12-20(11-18)15-23/h5-6,9,18-20H,3-4,7-8,10-15H2,1-2H3,(H,25,26). The molecule has 5 saturated carbocycles. The summed E-state index contributed by atoms with van der Waals surface area (Å²) in [4.78, 5) is 14.0. The Kier molecular flexibility index (Phi) is 4.44. The van der Waals surface area contributed by atoms with Crippen LogP contribution < -0.4 is 5.32 Å². The Balaban J connectivity index is 1.48. The van der Waals surface area contributed by atoms with Gasteiger partial charge >= 0.3 is 0 Å². The van der Waals surface area contributed by atoms with Crippen molar-refractivity contribution < 1.29 is 13.2 Å². The number of amides is 1. The first kappa shape index (κ1) is 19.6. The van der Waals surface area contributed by atoms with Crippen molar-refractivity contribution in [2.75, 3.05) is 0 Å². The predicted octanol–water partition coefficient (Wildman–Crippen LogP) is 4.47. The summed E-state index contributed by atoms with van der Waals surface area (Å²) in [5.74, 6) is 1.95. The van der Waals surface area contributed by atoms with Crippen LogP contribution in [-0.2, 0) is 14.6 Å². The smallest absolute Gasteiger partial charge is 0.242 e. The summed E-state index contributed by atoms with van der Waals surface area (Å²) >= 11 is 0. The number of rotatable bonds is 4. The van der Waals surface area contributed by atoms with Crippen molar-refractivity contribution in [1.82, 2.24) is 5.32 Å². The van der Waals surface area contributed by atoms with Gasteiger partial charge in [0.25, 0.3) is 0 Å². The molecule has 5 aliphatic carbocycles. The highest BCUT2D eigenvalue weighted by molar-refractivity contribution is 7.93. The lowest BCUT2D eigenvalue weighted by Gasteiger charge is -2.57. The van der Waals surface area contributed by atoms with Crippen molar-refractivity contribution in [1.29, 1.82) is 0 Å². The summed E-state index contributed by atoms with van der Waals surface area (Å²) in [6, 6.07) is 5.31. The van der Waals surface area contributed by atoms with E-state index in [9.17, 15) is 13.2 Å². The van der Waals surface area contributed by atoms with E-state index in [1.165, 1.54) is 19.3 Å². The van der Waals surface area contributed by atoms with E-state index in [-0.39, 0.29) is 11.4 Å². The van der Waals surface area contributed by atoms with E-state index in [0.29, 0.717) is 17.7 Å². The number of aryl methyl sites for hydroxylation is 2. The lowest BCUT2D eigenvalue weighted by Crippen LogP contribution is -2.64. The summed E-state index contributed by atoms with van der Waals surface area (Å²) < 4.78 is 26.3. The van der Waals surface area contributed by atoms with Crippen LogP contribution in [0.15, 0.2) is 23.1 Å². The highest BCUT2D eigenvalue weighted by atomic mass is 32.2. The minimum atomic E-state index is -3.73. The molecule has 1 aromatic rings. The van der Waals surface area contributed by atoms with Gasteiger partial charge in [-0.25, -0.2) is 8.42 Å². The second-order valence-electron chi connectivity index (χ2n) is 10.6. The maximum atomic E-state index is 13.8. The molecular weight excluding hydrogens is 382 g/mol. The monoisotopic (exact) mass is 415 g/mol. The van der Waals surface area contributed by atoms with Crippen LogP contribution in [0.5, 0.6) is 0 Å². The first-order valence-electron chi connectivity index (χ1n) is 11.4. The third-order valence-electron chi connectivity index (χ3n) is 8.55. The summed E-state index contributed by atoms with van der Waals surface area (Å²) in [6.45, 7) is 3.92. The number of hydrogen-bond acceptors (Lipinski definition) is 3. The molecule has 5 aliphatic rings. The zero-order valence-corrected chi connectivity index (χ0v) is 18.5. The van der Waals surface area contributed by atoms with E-state index < -0.39 is 14.6 Å². The zero-order valence-electron chi connectivity index (χ0n) is 17.7. The van der Waals surface area contributed by atoms with Crippen molar-refractivity contribution in [3.05, 3.63) is 29.3 Å². The van der Waals surface area contributed by atoms with Gasteiger partial charge in [-0.3, -0.25) is 4.79 Å². The summed E-state index contributed by atoms with van der Waals surface area (Å²) in [6.07, 6.45) is 9.56. The second kappa shape index (κ2) is 6.57. The molecule has 0 atom stereocenters. The largest absolute Gasteiger partial charge is 0.349 e. The van der Waals surface area contributed by atoms with Gasteiger partial charge in [0, 0.05) is 5.54 Å². The zero-order chi connectivity index (χ0) is 20.4. The van der Waals surface area contributed by atoms with E-state index in [1.807, 2.05) is 19.9 Å². The maximum absolute atomic E-state index is 13.8. The van der Waals surface area contributed by atoms with Crippen molar-refractivity contribution >= 4 is 15.7 Å². The maximum Gasteiger partial charge on any atom is 0.242 e. The number of benzene rings is 1. The van der Waals surface area contributed by atoms with E-state index in [4.69, 9.17) is 0 Å². The lowest BCUT2D eigenvalue weighted by atomic mass is 9.53. The fourth-order valence-corrected chi connectivity index (χ4v) is 9.44. The minimum Gasteiger partial charge on any atom is -0.349 e. The Bertz CT molecular complexity index is 908. The highest BCUT2D eigenvalue weighted by Gasteiger charge is 2.57. The lowest BCUT2D eigenvalue weighted by molar-refractivity contribution is -0.129. The van der Waals surface area contributed by atoms with Crippen molar-refractivity contribution in [3.8, 4) is 0 Å². The number of carbonyl (C=O) groups is 1. The predicted molar refractivity (Wildman–Crippen MR) is 113 cm³/mol. The van der Waals surface area contributed by atoms with Crippen LogP contribution in [0.4, 0.5) is 0 Å². The van der Waals surface area contributed by atoms with E-state index in [1.54, 1.807) is 12.1 Å². The molecule has 0 radical (unpaired) electrons. The summed E-state index contributed by atoms with van der Waals surface area (Å²) in [5, 5.41) is 3.39. The number of hydrogen-bond donors (Lipinski definition) is 1. The molecule has 1 amide bonds. The van der Waals surface area contributed by atoms with Crippen molar-refractivity contribution in [3.63, 3.8) is 0 Å². The number of nitrogens with one attached hydrogen (secondary N) is 1. The molecule has 0 heterocycles. The number of carbonyl (C=O) groups excluding carboxylic acids is 1. The van der Waals surface area contributed by atoms with Crippen LogP contribution >= 0.6 is 0 Å². The fourth-order valence-electron chi connectivity index (χ4n) is 7.29. The number of sulfone groups is 1. The molecule has 5 heteroatoms. The van der Waals surface area contributed by atoms with Gasteiger partial charge in [-0.2, -0.15) is 0 Å². The van der Waals surface area contributed by atoms with Gasteiger partial charge in [0.2, 0.25) is 5.91 Å². The third-order valence-corrected chi connectivity index (χ3v) is 11.0. The van der Waals surface area contributed by atoms with Crippen LogP contribution in [-0.4, -0.2) is 24.6 Å². The molecule has 0 aliphatic heterocycles. The van der Waals surface area contributed by atoms with Crippen LogP contribution in [0.25, 0.3) is 0 Å². The van der Waals surface area contributed by atoms with Crippen LogP contribution in [0.1, 0.15) is 75.3 Å². The molecule has 0 spiro atoms. The van der Waals surface area contributed by atoms with Crippen molar-refractivity contribution in [2.45, 2.75) is 93.2 Å². The minimum absolute atomic E-state index is 0.153. The first-order chi connectivity index (χ1) is 13.7. The molecule has 29 heavy (non-hydrogen) atoms. The van der Waals surface area contributed by atoms with Gasteiger partial charge in [0.15, 0.2) is 14.6 Å². The molecule has 6 rings (SSSR count). The first-order valence-corrected chi connectivity index (χ1v) is 12.9. The Morgan fingerprint density at radius 2 is 1.48 bits per heavy atom.